The molecule has 0 heterocycles. The summed E-state index contributed by atoms with van der Waals surface area (Å²) in [7, 11) is 0. The van der Waals surface area contributed by atoms with Crippen LogP contribution in [0, 0.1) is 6.92 Å². The van der Waals surface area contributed by atoms with Crippen LogP contribution >= 0.6 is 0 Å². The molecule has 1 aromatic carbocycles. The van der Waals surface area contributed by atoms with Crippen molar-refractivity contribution in [2.75, 3.05) is 0 Å². The Kier molecular flexibility index (Phi) is 4.41. The minimum Gasteiger partial charge on any atom is -0.478 e. The van der Waals surface area contributed by atoms with E-state index in [0.717, 1.165) is 0 Å². The molecule has 0 aromatic heterocycles. The number of hydrogen-bond acceptors (Lipinski definition) is 4. The zero-order chi connectivity index (χ0) is 13.9. The van der Waals surface area contributed by atoms with Crippen LogP contribution in [0.25, 0.3) is 0 Å². The normalized spacial score (nSPS) is 13.9. The van der Waals surface area contributed by atoms with Gasteiger partial charge in [0, 0.05) is 0 Å². The number of hydrogen-bond donors (Lipinski definition) is 4. The second-order valence-electron chi connectivity index (χ2n) is 4.08. The van der Waals surface area contributed by atoms with Gasteiger partial charge in [-0.15, -0.1) is 0 Å². The van der Waals surface area contributed by atoms with Crippen molar-refractivity contribution in [1.82, 2.24) is 0 Å². The van der Waals surface area contributed by atoms with Gasteiger partial charge in [-0.05, 0) is 18.6 Å². The SMILES string of the molecule is Cc1ccc(C(O)C(O)CC(N)=O)c(C(=O)O)c1. The van der Waals surface area contributed by atoms with Gasteiger partial charge in [-0.3, -0.25) is 4.79 Å². The number of aryl methyl sites for hydroxylation is 1. The highest BCUT2D eigenvalue weighted by atomic mass is 16.4. The molecule has 5 N–H and O–H groups in total. The van der Waals surface area contributed by atoms with E-state index in [1.807, 2.05) is 0 Å². The van der Waals surface area contributed by atoms with E-state index in [-0.39, 0.29) is 11.1 Å². The highest BCUT2D eigenvalue weighted by Gasteiger charge is 2.24. The summed E-state index contributed by atoms with van der Waals surface area (Å²) in [6, 6.07) is 4.41. The molecule has 0 saturated carbocycles. The number of amides is 1. The third-order valence-corrected chi connectivity index (χ3v) is 2.53. The third-order valence-electron chi connectivity index (χ3n) is 2.53. The molecule has 6 nitrogen and oxygen atoms in total. The maximum absolute atomic E-state index is 11.0. The Morgan fingerprint density at radius 1 is 1.33 bits per heavy atom. The first-order valence-corrected chi connectivity index (χ1v) is 5.31. The minimum atomic E-state index is -1.47. The number of nitrogens with two attached hydrogens (primary N) is 1. The van der Waals surface area contributed by atoms with Crippen LogP contribution in [-0.2, 0) is 4.79 Å². The molecule has 0 aliphatic carbocycles. The summed E-state index contributed by atoms with van der Waals surface area (Å²) in [5.74, 6) is -1.98. The molecule has 0 aliphatic rings. The topological polar surface area (TPSA) is 121 Å². The van der Waals surface area contributed by atoms with E-state index in [9.17, 15) is 19.8 Å². The Morgan fingerprint density at radius 2 is 1.94 bits per heavy atom. The van der Waals surface area contributed by atoms with Crippen LogP contribution in [-0.4, -0.2) is 33.3 Å². The van der Waals surface area contributed by atoms with Gasteiger partial charge in [-0.2, -0.15) is 0 Å². The number of carbonyl (C=O) groups is 2. The number of rotatable bonds is 5. The molecule has 6 heteroatoms. The first-order chi connectivity index (χ1) is 8.32. The van der Waals surface area contributed by atoms with Crippen molar-refractivity contribution in [1.29, 1.82) is 0 Å². The van der Waals surface area contributed by atoms with Crippen molar-refractivity contribution in [2.45, 2.75) is 25.6 Å². The lowest BCUT2D eigenvalue weighted by molar-refractivity contribution is -0.121. The van der Waals surface area contributed by atoms with Crippen molar-refractivity contribution in [3.05, 3.63) is 34.9 Å². The van der Waals surface area contributed by atoms with Gasteiger partial charge in [0.1, 0.15) is 6.10 Å². The first kappa shape index (κ1) is 14.1. The van der Waals surface area contributed by atoms with E-state index in [0.29, 0.717) is 5.56 Å². The van der Waals surface area contributed by atoms with E-state index < -0.39 is 30.5 Å². The largest absolute Gasteiger partial charge is 0.478 e. The average Bonchev–Trinajstić information content (AvgIpc) is 2.26. The van der Waals surface area contributed by atoms with Gasteiger partial charge in [-0.25, -0.2) is 4.79 Å². The van der Waals surface area contributed by atoms with Crippen molar-refractivity contribution < 1.29 is 24.9 Å². The maximum Gasteiger partial charge on any atom is 0.336 e. The Morgan fingerprint density at radius 3 is 2.44 bits per heavy atom. The fourth-order valence-electron chi connectivity index (χ4n) is 1.64. The second-order valence-corrected chi connectivity index (χ2v) is 4.08. The number of aliphatic hydroxyl groups is 2. The van der Waals surface area contributed by atoms with E-state index in [1.165, 1.54) is 12.1 Å². The minimum absolute atomic E-state index is 0.0573. The number of carboxylic acids is 1. The predicted molar refractivity (Wildman–Crippen MR) is 62.9 cm³/mol. The molecule has 0 aliphatic heterocycles. The van der Waals surface area contributed by atoms with E-state index >= 15 is 0 Å². The summed E-state index contributed by atoms with van der Waals surface area (Å²) in [6.07, 6.45) is -3.33. The molecular formula is C12H15NO5. The highest BCUT2D eigenvalue weighted by molar-refractivity contribution is 5.89. The Hall–Kier alpha value is -1.92. The van der Waals surface area contributed by atoms with Crippen LogP contribution in [0.4, 0.5) is 0 Å². The summed E-state index contributed by atoms with van der Waals surface area (Å²) in [4.78, 5) is 21.7. The van der Waals surface area contributed by atoms with Crippen LogP contribution in [0.5, 0.6) is 0 Å². The standard InChI is InChI=1S/C12H15NO5/c1-6-2-3-7(8(4-6)12(17)18)11(16)9(14)5-10(13)15/h2-4,9,11,14,16H,5H2,1H3,(H2,13,15)(H,17,18). The summed E-state index contributed by atoms with van der Waals surface area (Å²) in [6.45, 7) is 1.71. The average molecular weight is 253 g/mol. The monoisotopic (exact) mass is 253 g/mol. The molecule has 1 amide bonds. The number of benzene rings is 1. The molecule has 0 spiro atoms. The van der Waals surface area contributed by atoms with E-state index in [1.54, 1.807) is 13.0 Å². The maximum atomic E-state index is 11.0. The number of carboxylic acid groups (broad SMARTS) is 1. The molecular weight excluding hydrogens is 238 g/mol. The van der Waals surface area contributed by atoms with Crippen molar-refractivity contribution in [3.63, 3.8) is 0 Å². The van der Waals surface area contributed by atoms with Gasteiger partial charge in [0.2, 0.25) is 5.91 Å². The summed E-state index contributed by atoms with van der Waals surface area (Å²) in [5.41, 5.74) is 5.57. The summed E-state index contributed by atoms with van der Waals surface area (Å²) >= 11 is 0. The van der Waals surface area contributed by atoms with Gasteiger partial charge in [0.15, 0.2) is 0 Å². The lowest BCUT2D eigenvalue weighted by Gasteiger charge is -2.19. The van der Waals surface area contributed by atoms with E-state index in [2.05, 4.69) is 0 Å². The molecule has 98 valence electrons. The van der Waals surface area contributed by atoms with Crippen LogP contribution in [0.3, 0.4) is 0 Å². The Balaban J connectivity index is 3.08. The van der Waals surface area contributed by atoms with Gasteiger partial charge < -0.3 is 21.1 Å². The van der Waals surface area contributed by atoms with Gasteiger partial charge >= 0.3 is 5.97 Å². The number of aromatic carboxylic acids is 1. The molecule has 0 bridgehead atoms. The lowest BCUT2D eigenvalue weighted by atomic mass is 9.95. The van der Waals surface area contributed by atoms with Crippen molar-refractivity contribution in [3.8, 4) is 0 Å². The van der Waals surface area contributed by atoms with Gasteiger partial charge in [0.25, 0.3) is 0 Å². The van der Waals surface area contributed by atoms with Crippen LogP contribution in [0.2, 0.25) is 0 Å². The van der Waals surface area contributed by atoms with Crippen molar-refractivity contribution >= 4 is 11.9 Å². The predicted octanol–water partition coefficient (Wildman–Crippen LogP) is -0.0371. The van der Waals surface area contributed by atoms with Gasteiger partial charge in [-0.1, -0.05) is 17.7 Å². The molecule has 1 aromatic rings. The molecule has 0 radical (unpaired) electrons. The molecule has 18 heavy (non-hydrogen) atoms. The van der Waals surface area contributed by atoms with Crippen LogP contribution < -0.4 is 5.73 Å². The molecule has 1 rings (SSSR count). The lowest BCUT2D eigenvalue weighted by Crippen LogP contribution is -2.26. The number of primary amides is 1. The number of aliphatic hydroxyl groups excluding tert-OH is 2. The fraction of sp³-hybridized carbons (Fsp3) is 0.333. The molecule has 0 fully saturated rings. The van der Waals surface area contributed by atoms with Crippen molar-refractivity contribution in [2.24, 2.45) is 5.73 Å². The summed E-state index contributed by atoms with van der Waals surface area (Å²) < 4.78 is 0. The summed E-state index contributed by atoms with van der Waals surface area (Å²) in [5, 5.41) is 28.4. The second kappa shape index (κ2) is 5.61. The Labute approximate surface area is 104 Å². The highest BCUT2D eigenvalue weighted by Crippen LogP contribution is 2.23. The zero-order valence-electron chi connectivity index (χ0n) is 9.83. The molecule has 2 atom stereocenters. The van der Waals surface area contributed by atoms with Crippen LogP contribution in [0.1, 0.15) is 34.0 Å². The Bertz CT molecular complexity index is 472. The smallest absolute Gasteiger partial charge is 0.336 e. The molecule has 0 saturated heterocycles. The van der Waals surface area contributed by atoms with Gasteiger partial charge in [0.05, 0.1) is 18.1 Å². The zero-order valence-corrected chi connectivity index (χ0v) is 9.83. The van der Waals surface area contributed by atoms with E-state index in [4.69, 9.17) is 10.8 Å². The number of carbonyl (C=O) groups excluding carboxylic acids is 1. The quantitative estimate of drug-likeness (QED) is 0.587. The van der Waals surface area contributed by atoms with Crippen LogP contribution in [0.15, 0.2) is 18.2 Å². The molecule has 2 unspecified atom stereocenters. The first-order valence-electron chi connectivity index (χ1n) is 5.31. The fourth-order valence-corrected chi connectivity index (χ4v) is 1.64. The third kappa shape index (κ3) is 3.28.